The first kappa shape index (κ1) is 35.3. The number of aliphatic hydroxyl groups is 1. The summed E-state index contributed by atoms with van der Waals surface area (Å²) in [6, 6.07) is 13.4. The molecule has 2 atom stereocenters. The number of hydrogen-bond acceptors (Lipinski definition) is 9. The Labute approximate surface area is 260 Å². The minimum atomic E-state index is -4.24. The Hall–Kier alpha value is -3.23. The highest BCUT2D eigenvalue weighted by Gasteiger charge is 2.44. The molecule has 13 heteroatoms. The summed E-state index contributed by atoms with van der Waals surface area (Å²) in [7, 11) is -2.49. The molecule has 2 amide bonds. The summed E-state index contributed by atoms with van der Waals surface area (Å²) in [5.74, 6) is 0.0271. The van der Waals surface area contributed by atoms with Crippen LogP contribution in [-0.2, 0) is 26.0 Å². The second kappa shape index (κ2) is 16.2. The fourth-order valence-electron chi connectivity index (χ4n) is 5.08. The molecular weight excluding hydrogens is 586 g/mol. The van der Waals surface area contributed by atoms with Crippen molar-refractivity contribution in [3.05, 3.63) is 54.1 Å². The molecule has 2 aromatic rings. The van der Waals surface area contributed by atoms with Crippen LogP contribution in [-0.4, -0.2) is 79.9 Å². The van der Waals surface area contributed by atoms with Crippen molar-refractivity contribution >= 4 is 21.8 Å². The molecule has 2 unspecified atom stereocenters. The van der Waals surface area contributed by atoms with E-state index in [0.717, 1.165) is 5.56 Å². The van der Waals surface area contributed by atoms with Gasteiger partial charge in [-0.05, 0) is 50.4 Å². The van der Waals surface area contributed by atoms with Crippen LogP contribution in [0.25, 0.3) is 0 Å². The van der Waals surface area contributed by atoms with Gasteiger partial charge in [-0.15, -0.1) is 0 Å². The lowest BCUT2D eigenvalue weighted by molar-refractivity contribution is -0.129. The van der Waals surface area contributed by atoms with E-state index in [4.69, 9.17) is 15.2 Å². The third-order valence-corrected chi connectivity index (χ3v) is 9.38. The second-order valence-electron chi connectivity index (χ2n) is 11.6. The van der Waals surface area contributed by atoms with E-state index in [0.29, 0.717) is 30.9 Å². The van der Waals surface area contributed by atoms with Gasteiger partial charge in [0.1, 0.15) is 5.72 Å². The van der Waals surface area contributed by atoms with E-state index in [1.165, 1.54) is 16.4 Å². The molecule has 0 radical (unpaired) electrons. The molecule has 244 valence electrons. The molecule has 0 saturated carbocycles. The number of ether oxygens (including phenoxy) is 2. The van der Waals surface area contributed by atoms with Crippen LogP contribution >= 0.6 is 0 Å². The SMILES string of the molecule is CNCCC(=O)NN(CCC(O)(Cc1ccccc1)N(CC(C)C)S(=O)(=O)c1ccc2c(c1)OCO2)C(C)CCCC(N)=O. The maximum Gasteiger partial charge on any atom is 0.245 e. The van der Waals surface area contributed by atoms with Gasteiger partial charge in [0.15, 0.2) is 11.5 Å². The summed E-state index contributed by atoms with van der Waals surface area (Å²) >= 11 is 0. The molecule has 0 bridgehead atoms. The molecule has 1 aliphatic rings. The Balaban J connectivity index is 1.99. The van der Waals surface area contributed by atoms with Crippen LogP contribution in [0.5, 0.6) is 11.5 Å². The van der Waals surface area contributed by atoms with Crippen LogP contribution in [0, 0.1) is 5.92 Å². The Kier molecular flexibility index (Phi) is 13.0. The lowest BCUT2D eigenvalue weighted by Crippen LogP contribution is -2.57. The van der Waals surface area contributed by atoms with E-state index in [-0.39, 0.29) is 68.3 Å². The predicted octanol–water partition coefficient (Wildman–Crippen LogP) is 2.37. The fourth-order valence-corrected chi connectivity index (χ4v) is 6.93. The second-order valence-corrected chi connectivity index (χ2v) is 13.5. The Morgan fingerprint density at radius 3 is 2.43 bits per heavy atom. The minimum Gasteiger partial charge on any atom is -0.454 e. The quantitative estimate of drug-likeness (QED) is 0.134. The summed E-state index contributed by atoms with van der Waals surface area (Å²) in [5.41, 5.74) is 7.14. The Bertz CT molecular complexity index is 1340. The number of nitrogens with two attached hydrogens (primary N) is 1. The van der Waals surface area contributed by atoms with Gasteiger partial charge in [-0.25, -0.2) is 13.4 Å². The summed E-state index contributed by atoms with van der Waals surface area (Å²) in [4.78, 5) is 24.1. The van der Waals surface area contributed by atoms with Crippen molar-refractivity contribution in [3.63, 3.8) is 0 Å². The standard InChI is InChI=1S/C31H47N5O7S/c1-23(2)21-36(44(40,41)26-13-14-27-28(19-26)43-22-42-27)31(39,20-25-10-6-5-7-11-25)16-18-35(34-30(38)15-17-33-4)24(3)9-8-12-29(32)37/h5-7,10-11,13-14,19,23-24,33,39H,8-9,12,15-18,20-22H2,1-4H3,(H2,32,37)(H,34,38). The van der Waals surface area contributed by atoms with Crippen LogP contribution < -0.4 is 25.9 Å². The van der Waals surface area contributed by atoms with Gasteiger partial charge < -0.3 is 25.6 Å². The van der Waals surface area contributed by atoms with Gasteiger partial charge in [-0.1, -0.05) is 44.2 Å². The maximum absolute atomic E-state index is 14.3. The third kappa shape index (κ3) is 9.89. The average molecular weight is 634 g/mol. The molecule has 0 saturated heterocycles. The molecule has 0 aromatic heterocycles. The molecule has 0 spiro atoms. The van der Waals surface area contributed by atoms with Crippen molar-refractivity contribution in [1.29, 1.82) is 0 Å². The summed E-state index contributed by atoms with van der Waals surface area (Å²) in [5, 5.41) is 17.2. The first-order chi connectivity index (χ1) is 20.9. The predicted molar refractivity (Wildman–Crippen MR) is 167 cm³/mol. The molecule has 0 aliphatic carbocycles. The van der Waals surface area contributed by atoms with Gasteiger partial charge in [0, 0.05) is 57.4 Å². The highest BCUT2D eigenvalue weighted by molar-refractivity contribution is 7.89. The van der Waals surface area contributed by atoms with E-state index >= 15 is 0 Å². The number of amides is 2. The number of benzene rings is 2. The van der Waals surface area contributed by atoms with Gasteiger partial charge in [0.2, 0.25) is 28.6 Å². The van der Waals surface area contributed by atoms with Crippen molar-refractivity contribution in [2.45, 2.75) is 76.0 Å². The van der Waals surface area contributed by atoms with Gasteiger partial charge >= 0.3 is 0 Å². The molecule has 12 nitrogen and oxygen atoms in total. The van der Waals surface area contributed by atoms with Crippen LogP contribution in [0.15, 0.2) is 53.4 Å². The molecule has 0 fully saturated rings. The number of carbonyl (C=O) groups excluding carboxylic acids is 2. The summed E-state index contributed by atoms with van der Waals surface area (Å²) < 4.78 is 40.6. The normalized spacial score (nSPS) is 15.0. The number of primary amides is 1. The number of carbonyl (C=O) groups is 2. The molecule has 1 heterocycles. The van der Waals surface area contributed by atoms with Crippen molar-refractivity contribution in [1.82, 2.24) is 20.1 Å². The van der Waals surface area contributed by atoms with E-state index in [1.807, 2.05) is 51.1 Å². The zero-order chi connectivity index (χ0) is 32.3. The fraction of sp³-hybridized carbons (Fsp3) is 0.548. The van der Waals surface area contributed by atoms with E-state index in [1.54, 1.807) is 18.1 Å². The van der Waals surface area contributed by atoms with Gasteiger partial charge in [-0.2, -0.15) is 4.31 Å². The number of hydrazine groups is 1. The van der Waals surface area contributed by atoms with Crippen LogP contribution in [0.2, 0.25) is 0 Å². The highest BCUT2D eigenvalue weighted by atomic mass is 32.2. The number of rotatable bonds is 19. The minimum absolute atomic E-state index is 0.0000140. The molecule has 2 aromatic carbocycles. The Morgan fingerprint density at radius 1 is 1.07 bits per heavy atom. The monoisotopic (exact) mass is 633 g/mol. The molecule has 3 rings (SSSR count). The van der Waals surface area contributed by atoms with Crippen LogP contribution in [0.3, 0.4) is 0 Å². The number of sulfonamides is 1. The largest absolute Gasteiger partial charge is 0.454 e. The van der Waals surface area contributed by atoms with Crippen molar-refractivity contribution in [2.24, 2.45) is 11.7 Å². The van der Waals surface area contributed by atoms with Crippen molar-refractivity contribution < 1.29 is 32.6 Å². The molecule has 5 N–H and O–H groups in total. The first-order valence-corrected chi connectivity index (χ1v) is 16.5. The number of nitrogens with one attached hydrogen (secondary N) is 2. The summed E-state index contributed by atoms with van der Waals surface area (Å²) in [6.45, 7) is 6.34. The van der Waals surface area contributed by atoms with Crippen molar-refractivity contribution in [3.8, 4) is 11.5 Å². The van der Waals surface area contributed by atoms with Crippen molar-refractivity contribution in [2.75, 3.05) is 33.5 Å². The van der Waals surface area contributed by atoms with Crippen LogP contribution in [0.1, 0.15) is 58.4 Å². The lowest BCUT2D eigenvalue weighted by atomic mass is 9.98. The van der Waals surface area contributed by atoms with E-state index in [9.17, 15) is 23.1 Å². The molecule has 1 aliphatic heterocycles. The average Bonchev–Trinajstić information content (AvgIpc) is 3.45. The first-order valence-electron chi connectivity index (χ1n) is 15.0. The Morgan fingerprint density at radius 2 is 1.77 bits per heavy atom. The van der Waals surface area contributed by atoms with Gasteiger partial charge in [-0.3, -0.25) is 15.0 Å². The maximum atomic E-state index is 14.3. The number of fused-ring (bicyclic) bond motifs is 1. The van der Waals surface area contributed by atoms with Crippen LogP contribution in [0.4, 0.5) is 0 Å². The molecular formula is C31H47N5O7S. The van der Waals surface area contributed by atoms with Gasteiger partial charge in [0.05, 0.1) is 4.90 Å². The lowest BCUT2D eigenvalue weighted by Gasteiger charge is -2.41. The smallest absolute Gasteiger partial charge is 0.245 e. The van der Waals surface area contributed by atoms with E-state index in [2.05, 4.69) is 10.7 Å². The number of nitrogens with zero attached hydrogens (tertiary/aromatic N) is 2. The third-order valence-electron chi connectivity index (χ3n) is 7.46. The molecule has 44 heavy (non-hydrogen) atoms. The zero-order valence-corrected chi connectivity index (χ0v) is 26.9. The summed E-state index contributed by atoms with van der Waals surface area (Å²) in [6.07, 6.45) is 1.50. The van der Waals surface area contributed by atoms with Gasteiger partial charge in [0.25, 0.3) is 0 Å². The topological polar surface area (TPSA) is 164 Å². The number of hydrogen-bond donors (Lipinski definition) is 4. The highest BCUT2D eigenvalue weighted by Crippen LogP contribution is 2.37. The zero-order valence-electron chi connectivity index (χ0n) is 26.1. The van der Waals surface area contributed by atoms with E-state index < -0.39 is 21.7 Å².